The fourth-order valence-electron chi connectivity index (χ4n) is 2.66. The van der Waals surface area contributed by atoms with Gasteiger partial charge in [-0.15, -0.1) is 0 Å². The van der Waals surface area contributed by atoms with Crippen LogP contribution in [0.25, 0.3) is 0 Å². The molecule has 0 radical (unpaired) electrons. The molecule has 2 N–H and O–H groups in total. The summed E-state index contributed by atoms with van der Waals surface area (Å²) in [6.07, 6.45) is 1.97. The number of fused-ring (bicyclic) bond motifs is 3. The quantitative estimate of drug-likeness (QED) is 0.671. The van der Waals surface area contributed by atoms with Crippen LogP contribution in [0.5, 0.6) is 0 Å². The van der Waals surface area contributed by atoms with E-state index < -0.39 is 0 Å². The molecule has 1 aromatic carbocycles. The lowest BCUT2D eigenvalue weighted by molar-refractivity contribution is 0.597. The van der Waals surface area contributed by atoms with Crippen LogP contribution in [0.2, 0.25) is 0 Å². The lowest BCUT2D eigenvalue weighted by atomic mass is 10.0. The average molecular weight is 192 g/mol. The van der Waals surface area contributed by atoms with Crippen molar-refractivity contribution in [3.8, 4) is 0 Å². The number of halogens is 1. The van der Waals surface area contributed by atoms with Gasteiger partial charge in [-0.25, -0.2) is 4.39 Å². The maximum Gasteiger partial charge on any atom is 0.123 e. The topological polar surface area (TPSA) is 29.3 Å². The Kier molecular flexibility index (Phi) is 1.59. The van der Waals surface area contributed by atoms with E-state index in [2.05, 4.69) is 4.90 Å². The lowest BCUT2D eigenvalue weighted by Crippen LogP contribution is -2.36. The Bertz CT molecular complexity index is 378. The Hall–Kier alpha value is -1.09. The van der Waals surface area contributed by atoms with Gasteiger partial charge in [0.05, 0.1) is 0 Å². The molecule has 74 valence electrons. The Morgan fingerprint density at radius 2 is 2.29 bits per heavy atom. The van der Waals surface area contributed by atoms with E-state index in [0.29, 0.717) is 6.04 Å². The smallest absolute Gasteiger partial charge is 0.123 e. The molecule has 3 heteroatoms. The van der Waals surface area contributed by atoms with E-state index in [1.807, 2.05) is 6.07 Å². The largest absolute Gasteiger partial charge is 0.366 e. The van der Waals surface area contributed by atoms with Gasteiger partial charge in [-0.1, -0.05) is 0 Å². The van der Waals surface area contributed by atoms with E-state index in [1.54, 1.807) is 6.07 Å². The minimum atomic E-state index is -0.140. The molecule has 2 aliphatic rings. The van der Waals surface area contributed by atoms with E-state index in [9.17, 15) is 4.39 Å². The Labute approximate surface area is 82.5 Å². The molecule has 2 atom stereocenters. The predicted octanol–water partition coefficient (Wildman–Crippen LogP) is 1.29. The van der Waals surface area contributed by atoms with Gasteiger partial charge in [-0.05, 0) is 36.6 Å². The molecule has 1 saturated heterocycles. The first-order valence-electron chi connectivity index (χ1n) is 5.06. The van der Waals surface area contributed by atoms with Gasteiger partial charge < -0.3 is 10.6 Å². The van der Waals surface area contributed by atoms with Crippen molar-refractivity contribution in [2.75, 3.05) is 11.4 Å². The summed E-state index contributed by atoms with van der Waals surface area (Å²) in [6, 6.07) is 5.71. The van der Waals surface area contributed by atoms with Crippen molar-refractivity contribution in [3.05, 3.63) is 29.6 Å². The van der Waals surface area contributed by atoms with Crippen LogP contribution in [-0.4, -0.2) is 18.6 Å². The molecule has 0 saturated carbocycles. The molecule has 2 aliphatic heterocycles. The maximum atomic E-state index is 13.0. The highest BCUT2D eigenvalue weighted by Gasteiger charge is 2.37. The molecule has 0 amide bonds. The van der Waals surface area contributed by atoms with Crippen LogP contribution in [0.3, 0.4) is 0 Å². The molecular formula is C11H13FN2. The molecule has 14 heavy (non-hydrogen) atoms. The number of nitrogens with two attached hydrogens (primary N) is 1. The predicted molar refractivity (Wildman–Crippen MR) is 53.8 cm³/mol. The Morgan fingerprint density at radius 1 is 1.43 bits per heavy atom. The van der Waals surface area contributed by atoms with Crippen LogP contribution in [0.15, 0.2) is 18.2 Å². The van der Waals surface area contributed by atoms with Crippen molar-refractivity contribution >= 4 is 5.69 Å². The average Bonchev–Trinajstić information content (AvgIpc) is 2.66. The maximum absolute atomic E-state index is 13.0. The van der Waals surface area contributed by atoms with Gasteiger partial charge >= 0.3 is 0 Å². The van der Waals surface area contributed by atoms with E-state index in [4.69, 9.17) is 5.73 Å². The van der Waals surface area contributed by atoms with Crippen molar-refractivity contribution in [1.82, 2.24) is 0 Å². The summed E-state index contributed by atoms with van der Waals surface area (Å²) in [7, 11) is 0. The fourth-order valence-corrected chi connectivity index (χ4v) is 2.66. The minimum absolute atomic E-state index is 0.140. The van der Waals surface area contributed by atoms with Crippen LogP contribution < -0.4 is 10.6 Å². The molecule has 2 heterocycles. The third-order valence-electron chi connectivity index (χ3n) is 3.38. The van der Waals surface area contributed by atoms with Crippen molar-refractivity contribution in [3.63, 3.8) is 0 Å². The lowest BCUT2D eigenvalue weighted by Gasteiger charge is -2.20. The highest BCUT2D eigenvalue weighted by molar-refractivity contribution is 5.61. The highest BCUT2D eigenvalue weighted by Crippen LogP contribution is 2.37. The van der Waals surface area contributed by atoms with E-state index >= 15 is 0 Å². The van der Waals surface area contributed by atoms with Crippen LogP contribution >= 0.6 is 0 Å². The van der Waals surface area contributed by atoms with Gasteiger partial charge in [0.2, 0.25) is 0 Å². The molecule has 0 aromatic heterocycles. The summed E-state index contributed by atoms with van der Waals surface area (Å²) in [6.45, 7) is 1.02. The van der Waals surface area contributed by atoms with E-state index in [0.717, 1.165) is 24.9 Å². The summed E-state index contributed by atoms with van der Waals surface area (Å²) < 4.78 is 13.0. The van der Waals surface area contributed by atoms with Crippen LogP contribution in [-0.2, 0) is 6.42 Å². The second kappa shape index (κ2) is 2.70. The summed E-state index contributed by atoms with van der Waals surface area (Å²) in [5, 5.41) is 0. The van der Waals surface area contributed by atoms with Gasteiger partial charge in [0.25, 0.3) is 0 Å². The molecule has 0 bridgehead atoms. The monoisotopic (exact) mass is 192 g/mol. The third-order valence-corrected chi connectivity index (χ3v) is 3.38. The molecule has 1 aromatic rings. The molecule has 2 unspecified atom stereocenters. The van der Waals surface area contributed by atoms with Crippen molar-refractivity contribution in [2.24, 2.45) is 5.73 Å². The number of hydrogen-bond donors (Lipinski definition) is 1. The second-order valence-electron chi connectivity index (χ2n) is 4.19. The number of anilines is 1. The van der Waals surface area contributed by atoms with Gasteiger partial charge in [0.1, 0.15) is 5.82 Å². The number of rotatable bonds is 0. The third kappa shape index (κ3) is 0.989. The SMILES string of the molecule is NC1CCN2c3ccc(F)cc3CC12. The molecule has 1 fully saturated rings. The number of hydrogen-bond acceptors (Lipinski definition) is 2. The summed E-state index contributed by atoms with van der Waals surface area (Å²) in [4.78, 5) is 2.32. The van der Waals surface area contributed by atoms with Crippen LogP contribution in [0, 0.1) is 5.82 Å². The highest BCUT2D eigenvalue weighted by atomic mass is 19.1. The Morgan fingerprint density at radius 3 is 3.14 bits per heavy atom. The van der Waals surface area contributed by atoms with Crippen LogP contribution in [0.1, 0.15) is 12.0 Å². The summed E-state index contributed by atoms with van der Waals surface area (Å²) in [5.41, 5.74) is 8.30. The van der Waals surface area contributed by atoms with E-state index in [-0.39, 0.29) is 11.9 Å². The molecular weight excluding hydrogens is 179 g/mol. The zero-order valence-corrected chi connectivity index (χ0v) is 7.91. The standard InChI is InChI=1S/C11H13FN2/c12-8-1-2-10-7(5-8)6-11-9(13)3-4-14(10)11/h1-2,5,9,11H,3-4,6,13H2. The van der Waals surface area contributed by atoms with Gasteiger partial charge in [-0.2, -0.15) is 0 Å². The Balaban J connectivity index is 2.04. The molecule has 0 aliphatic carbocycles. The van der Waals surface area contributed by atoms with Crippen molar-refractivity contribution in [2.45, 2.75) is 24.9 Å². The van der Waals surface area contributed by atoms with Gasteiger partial charge in [0, 0.05) is 24.3 Å². The van der Waals surface area contributed by atoms with Gasteiger partial charge in [0.15, 0.2) is 0 Å². The first-order chi connectivity index (χ1) is 6.75. The second-order valence-corrected chi connectivity index (χ2v) is 4.19. The summed E-state index contributed by atoms with van der Waals surface area (Å²) in [5.74, 6) is -0.140. The minimum Gasteiger partial charge on any atom is -0.366 e. The van der Waals surface area contributed by atoms with Crippen molar-refractivity contribution < 1.29 is 4.39 Å². The summed E-state index contributed by atoms with van der Waals surface area (Å²) >= 11 is 0. The van der Waals surface area contributed by atoms with Crippen LogP contribution in [0.4, 0.5) is 10.1 Å². The molecule has 3 rings (SSSR count). The molecule has 2 nitrogen and oxygen atoms in total. The zero-order chi connectivity index (χ0) is 9.71. The van der Waals surface area contributed by atoms with Gasteiger partial charge in [-0.3, -0.25) is 0 Å². The van der Waals surface area contributed by atoms with Crippen molar-refractivity contribution in [1.29, 1.82) is 0 Å². The zero-order valence-electron chi connectivity index (χ0n) is 7.91. The number of benzene rings is 1. The first-order valence-corrected chi connectivity index (χ1v) is 5.06. The normalized spacial score (nSPS) is 29.1. The first kappa shape index (κ1) is 8.24. The number of nitrogens with zero attached hydrogens (tertiary/aromatic N) is 1. The van der Waals surface area contributed by atoms with E-state index in [1.165, 1.54) is 11.8 Å². The molecule has 0 spiro atoms. The fraction of sp³-hybridized carbons (Fsp3) is 0.455.